The number of likely N-dealkylation sites (tertiary alicyclic amines) is 1. The van der Waals surface area contributed by atoms with Gasteiger partial charge in [0.05, 0.1) is 0 Å². The third-order valence-electron chi connectivity index (χ3n) is 6.49. The Morgan fingerprint density at radius 2 is 1.45 bits per heavy atom. The molecule has 2 aliphatic heterocycles. The number of rotatable bonds is 5. The Bertz CT molecular complexity index is 1050. The van der Waals surface area contributed by atoms with Gasteiger partial charge in [0.15, 0.2) is 0 Å². The standard InChI is InChI=1S/C19H19N.C12H19N/c1-3-15(2)20-14-18-10-5-4-8-16(18)12-13-17-9-6-7-11-19(17)20;1-9(2)10(3)8-13-11(4)6-7-12(13)5/h4-13H,2-3,14H2,1H3;9H,3-8H2,1-2H3/b13-12-;. The molecule has 1 saturated heterocycles. The van der Waals surface area contributed by atoms with Crippen LogP contribution in [0.5, 0.6) is 0 Å². The number of hydrogen-bond acceptors (Lipinski definition) is 2. The van der Waals surface area contributed by atoms with Crippen molar-refractivity contribution in [2.75, 3.05) is 11.4 Å². The maximum Gasteiger partial charge on any atom is 0.0484 e. The molecule has 1 fully saturated rings. The van der Waals surface area contributed by atoms with Gasteiger partial charge in [0.25, 0.3) is 0 Å². The highest BCUT2D eigenvalue weighted by Gasteiger charge is 2.20. The lowest BCUT2D eigenvalue weighted by Crippen LogP contribution is -2.23. The third-order valence-corrected chi connectivity index (χ3v) is 6.49. The maximum absolute atomic E-state index is 4.24. The van der Waals surface area contributed by atoms with Crippen molar-refractivity contribution in [3.63, 3.8) is 0 Å². The Balaban J connectivity index is 0.000000205. The highest BCUT2D eigenvalue weighted by Crippen LogP contribution is 2.32. The summed E-state index contributed by atoms with van der Waals surface area (Å²) in [5.41, 5.74) is 9.90. The summed E-state index contributed by atoms with van der Waals surface area (Å²) in [6.45, 7) is 24.6. The van der Waals surface area contributed by atoms with Crippen LogP contribution in [0.3, 0.4) is 0 Å². The van der Waals surface area contributed by atoms with Crippen molar-refractivity contribution in [3.8, 4) is 0 Å². The minimum Gasteiger partial charge on any atom is -0.346 e. The Morgan fingerprint density at radius 1 is 0.879 bits per heavy atom. The zero-order valence-corrected chi connectivity index (χ0v) is 20.6. The number of para-hydroxylation sites is 1. The summed E-state index contributed by atoms with van der Waals surface area (Å²) < 4.78 is 0. The van der Waals surface area contributed by atoms with Crippen LogP contribution in [-0.4, -0.2) is 11.4 Å². The van der Waals surface area contributed by atoms with Gasteiger partial charge in [0, 0.05) is 35.9 Å². The lowest BCUT2D eigenvalue weighted by atomic mass is 10.0. The minimum absolute atomic E-state index is 0.543. The molecule has 2 aromatic rings. The maximum atomic E-state index is 4.24. The summed E-state index contributed by atoms with van der Waals surface area (Å²) in [4.78, 5) is 4.53. The molecule has 4 rings (SSSR count). The van der Waals surface area contributed by atoms with Crippen molar-refractivity contribution in [2.24, 2.45) is 5.92 Å². The molecule has 2 aromatic carbocycles. The fourth-order valence-electron chi connectivity index (χ4n) is 4.01. The van der Waals surface area contributed by atoms with E-state index in [1.165, 1.54) is 39.3 Å². The molecule has 0 unspecified atom stereocenters. The van der Waals surface area contributed by atoms with E-state index in [2.05, 4.69) is 118 Å². The molecule has 0 saturated carbocycles. The summed E-state index contributed by atoms with van der Waals surface area (Å²) in [5.74, 6) is 0.543. The van der Waals surface area contributed by atoms with Gasteiger partial charge >= 0.3 is 0 Å². The van der Waals surface area contributed by atoms with Crippen LogP contribution < -0.4 is 4.90 Å². The van der Waals surface area contributed by atoms with Crippen LogP contribution in [0.4, 0.5) is 5.69 Å². The second kappa shape index (κ2) is 11.0. The Hall–Kier alpha value is -3.26. The van der Waals surface area contributed by atoms with Crippen LogP contribution in [0.25, 0.3) is 12.2 Å². The van der Waals surface area contributed by atoms with E-state index < -0.39 is 0 Å². The number of anilines is 1. The van der Waals surface area contributed by atoms with Gasteiger partial charge in [0.2, 0.25) is 0 Å². The van der Waals surface area contributed by atoms with E-state index in [1.54, 1.807) is 0 Å². The zero-order chi connectivity index (χ0) is 24.0. The summed E-state index contributed by atoms with van der Waals surface area (Å²) in [6.07, 6.45) is 7.48. The molecule has 0 N–H and O–H groups in total. The second-order valence-corrected chi connectivity index (χ2v) is 9.13. The molecule has 2 nitrogen and oxygen atoms in total. The molecule has 0 spiro atoms. The molecule has 0 bridgehead atoms. The van der Waals surface area contributed by atoms with E-state index in [9.17, 15) is 0 Å². The van der Waals surface area contributed by atoms with Crippen LogP contribution in [0.15, 0.2) is 97.5 Å². The summed E-state index contributed by atoms with van der Waals surface area (Å²) >= 11 is 0. The predicted octanol–water partition coefficient (Wildman–Crippen LogP) is 8.42. The second-order valence-electron chi connectivity index (χ2n) is 9.13. The SMILES string of the molecule is C=C(CC)N1Cc2ccccc2/C=C\c2ccccc21.C=C(CN1C(=C)CCC1=C)C(C)C. The molecule has 2 heteroatoms. The average Bonchev–Trinajstić information content (AvgIpc) is 3.12. The van der Waals surface area contributed by atoms with Gasteiger partial charge in [-0.25, -0.2) is 0 Å². The molecule has 33 heavy (non-hydrogen) atoms. The third kappa shape index (κ3) is 5.96. The van der Waals surface area contributed by atoms with Crippen LogP contribution in [0, 0.1) is 5.92 Å². The molecule has 0 amide bonds. The lowest BCUT2D eigenvalue weighted by molar-refractivity contribution is 0.477. The molecule has 2 heterocycles. The van der Waals surface area contributed by atoms with E-state index in [1.807, 2.05) is 0 Å². The van der Waals surface area contributed by atoms with E-state index in [-0.39, 0.29) is 0 Å². The van der Waals surface area contributed by atoms with Crippen LogP contribution >= 0.6 is 0 Å². The van der Waals surface area contributed by atoms with E-state index >= 15 is 0 Å². The number of benzene rings is 2. The first kappa shape index (κ1) is 24.4. The normalized spacial score (nSPS) is 15.8. The van der Waals surface area contributed by atoms with E-state index in [0.29, 0.717) is 5.92 Å². The van der Waals surface area contributed by atoms with Crippen LogP contribution in [0.2, 0.25) is 0 Å². The molecule has 0 aliphatic carbocycles. The lowest BCUT2D eigenvalue weighted by Gasteiger charge is -2.30. The summed E-state index contributed by atoms with van der Waals surface area (Å²) in [5, 5.41) is 0. The summed E-state index contributed by atoms with van der Waals surface area (Å²) in [6, 6.07) is 17.1. The van der Waals surface area contributed by atoms with E-state index in [0.717, 1.165) is 38.0 Å². The Morgan fingerprint density at radius 3 is 2.09 bits per heavy atom. The van der Waals surface area contributed by atoms with E-state index in [4.69, 9.17) is 0 Å². The van der Waals surface area contributed by atoms with Gasteiger partial charge in [-0.3, -0.25) is 0 Å². The first-order valence-electron chi connectivity index (χ1n) is 11.9. The zero-order valence-electron chi connectivity index (χ0n) is 20.6. The smallest absolute Gasteiger partial charge is 0.0484 e. The predicted molar refractivity (Wildman–Crippen MR) is 146 cm³/mol. The fourth-order valence-corrected chi connectivity index (χ4v) is 4.01. The van der Waals surface area contributed by atoms with Gasteiger partial charge in [-0.15, -0.1) is 0 Å². The van der Waals surface area contributed by atoms with Crippen molar-refractivity contribution >= 4 is 17.8 Å². The number of fused-ring (bicyclic) bond motifs is 2. The van der Waals surface area contributed by atoms with Crippen molar-refractivity contribution in [3.05, 3.63) is 114 Å². The van der Waals surface area contributed by atoms with Crippen molar-refractivity contribution in [1.29, 1.82) is 0 Å². The molecule has 0 aromatic heterocycles. The Kier molecular flexibility index (Phi) is 8.16. The Labute approximate surface area is 200 Å². The topological polar surface area (TPSA) is 6.48 Å². The first-order chi connectivity index (χ1) is 15.8. The highest BCUT2D eigenvalue weighted by molar-refractivity contribution is 5.80. The molecule has 2 aliphatic rings. The van der Waals surface area contributed by atoms with Gasteiger partial charge in [0.1, 0.15) is 0 Å². The van der Waals surface area contributed by atoms with Crippen molar-refractivity contribution in [2.45, 2.75) is 46.6 Å². The number of hydrogen-bond donors (Lipinski definition) is 0. The molecule has 0 atom stereocenters. The average molecular weight is 439 g/mol. The number of nitrogens with zero attached hydrogens (tertiary/aromatic N) is 2. The van der Waals surface area contributed by atoms with Crippen molar-refractivity contribution < 1.29 is 0 Å². The fraction of sp³-hybridized carbons (Fsp3) is 0.290. The van der Waals surface area contributed by atoms with Gasteiger partial charge in [-0.05, 0) is 47.9 Å². The highest BCUT2D eigenvalue weighted by atomic mass is 15.2. The monoisotopic (exact) mass is 438 g/mol. The van der Waals surface area contributed by atoms with Gasteiger partial charge < -0.3 is 9.80 Å². The van der Waals surface area contributed by atoms with Crippen LogP contribution in [-0.2, 0) is 6.54 Å². The molecule has 172 valence electrons. The molecule has 0 radical (unpaired) electrons. The van der Waals surface area contributed by atoms with Gasteiger partial charge in [-0.1, -0.05) is 107 Å². The minimum atomic E-state index is 0.543. The molecular formula is C31H38N2. The molecular weight excluding hydrogens is 400 g/mol. The number of allylic oxidation sites excluding steroid dienone is 3. The largest absolute Gasteiger partial charge is 0.346 e. The quantitative estimate of drug-likeness (QED) is 0.432. The van der Waals surface area contributed by atoms with Gasteiger partial charge in [-0.2, -0.15) is 0 Å². The first-order valence-corrected chi connectivity index (χ1v) is 11.9. The van der Waals surface area contributed by atoms with Crippen molar-refractivity contribution in [1.82, 2.24) is 4.90 Å². The van der Waals surface area contributed by atoms with Crippen LogP contribution in [0.1, 0.15) is 56.7 Å². The summed E-state index contributed by atoms with van der Waals surface area (Å²) in [7, 11) is 0.